The van der Waals surface area contributed by atoms with E-state index in [-0.39, 0.29) is 18.6 Å². The van der Waals surface area contributed by atoms with Gasteiger partial charge in [-0.25, -0.2) is 9.97 Å². The number of nitrogens with one attached hydrogen (secondary N) is 1. The first-order valence-corrected chi connectivity index (χ1v) is 10.2. The van der Waals surface area contributed by atoms with Gasteiger partial charge in [0.2, 0.25) is 5.91 Å². The maximum atomic E-state index is 11.4. The van der Waals surface area contributed by atoms with E-state index in [0.717, 1.165) is 40.8 Å². The number of aliphatic hydroxyl groups is 1. The van der Waals surface area contributed by atoms with Crippen LogP contribution in [0.3, 0.4) is 0 Å². The number of imidazole rings is 1. The number of aliphatic hydroxyl groups excluding tert-OH is 1. The molecule has 0 saturated carbocycles. The summed E-state index contributed by atoms with van der Waals surface area (Å²) in [6, 6.07) is 9.11. The lowest BCUT2D eigenvalue weighted by Gasteiger charge is -2.24. The number of hydrogen-bond acceptors (Lipinski definition) is 6. The predicted octanol–water partition coefficient (Wildman–Crippen LogP) is 2.08. The van der Waals surface area contributed by atoms with Gasteiger partial charge in [0, 0.05) is 22.8 Å². The van der Waals surface area contributed by atoms with Gasteiger partial charge in [0.15, 0.2) is 5.65 Å². The van der Waals surface area contributed by atoms with Crippen molar-refractivity contribution in [2.75, 3.05) is 19.7 Å². The Bertz CT molecular complexity index is 1010. The number of amides is 1. The number of ether oxygens (including phenoxy) is 1. The van der Waals surface area contributed by atoms with Gasteiger partial charge in [0.1, 0.15) is 24.3 Å². The van der Waals surface area contributed by atoms with Crippen LogP contribution in [0.1, 0.15) is 12.8 Å². The van der Waals surface area contributed by atoms with E-state index in [1.807, 2.05) is 35.2 Å². The standard InChI is InChI=1S/C20H22BrN5O3/c21-13-8-16-20(23-9-13)25-19(24-16)12-3-5-15(6-4-12)29-11-14(27)10-26-7-1-2-17(26)18(22)28/h3-6,8-9,14,17,27H,1-2,7,10-11H2,(H2,22,28)(H,23,24,25). The van der Waals surface area contributed by atoms with E-state index < -0.39 is 6.10 Å². The molecule has 1 saturated heterocycles. The molecule has 0 bridgehead atoms. The van der Waals surface area contributed by atoms with Crippen LogP contribution < -0.4 is 10.5 Å². The first-order chi connectivity index (χ1) is 14.0. The Morgan fingerprint density at radius 1 is 1.41 bits per heavy atom. The summed E-state index contributed by atoms with van der Waals surface area (Å²) < 4.78 is 6.58. The number of hydrogen-bond donors (Lipinski definition) is 3. The molecular formula is C20H22BrN5O3. The minimum atomic E-state index is -0.700. The zero-order valence-corrected chi connectivity index (χ0v) is 17.3. The molecule has 1 aromatic carbocycles. The van der Waals surface area contributed by atoms with Crippen LogP contribution in [0.5, 0.6) is 5.75 Å². The van der Waals surface area contributed by atoms with Crippen molar-refractivity contribution in [1.29, 1.82) is 0 Å². The Hall–Kier alpha value is -2.49. The molecule has 8 nitrogen and oxygen atoms in total. The molecule has 3 aromatic rings. The van der Waals surface area contributed by atoms with Crippen LogP contribution in [0, 0.1) is 0 Å². The molecule has 152 valence electrons. The Morgan fingerprint density at radius 2 is 2.21 bits per heavy atom. The van der Waals surface area contributed by atoms with E-state index in [9.17, 15) is 9.90 Å². The van der Waals surface area contributed by atoms with E-state index in [2.05, 4.69) is 30.9 Å². The summed E-state index contributed by atoms with van der Waals surface area (Å²) in [4.78, 5) is 25.4. The number of aromatic nitrogens is 3. The smallest absolute Gasteiger partial charge is 0.234 e. The summed E-state index contributed by atoms with van der Waals surface area (Å²) in [6.45, 7) is 1.28. The Labute approximate surface area is 176 Å². The van der Waals surface area contributed by atoms with Gasteiger partial charge in [0.05, 0.1) is 11.6 Å². The van der Waals surface area contributed by atoms with E-state index in [4.69, 9.17) is 10.5 Å². The summed E-state index contributed by atoms with van der Waals surface area (Å²) in [5.41, 5.74) is 7.84. The normalized spacial score (nSPS) is 18.2. The molecule has 2 unspecified atom stereocenters. The largest absolute Gasteiger partial charge is 0.491 e. The summed E-state index contributed by atoms with van der Waals surface area (Å²) in [5.74, 6) is 1.04. The van der Waals surface area contributed by atoms with Crippen LogP contribution in [0.4, 0.5) is 0 Å². The number of β-amino-alcohol motifs (C(OH)–C–C–N with tert-alkyl or cyclic N) is 1. The van der Waals surface area contributed by atoms with Crippen molar-refractivity contribution >= 4 is 33.0 Å². The molecule has 2 atom stereocenters. The molecule has 1 fully saturated rings. The number of nitrogens with zero attached hydrogens (tertiary/aromatic N) is 3. The number of fused-ring (bicyclic) bond motifs is 1. The van der Waals surface area contributed by atoms with E-state index in [1.165, 1.54) is 0 Å². The lowest BCUT2D eigenvalue weighted by atomic mass is 10.2. The van der Waals surface area contributed by atoms with Crippen LogP contribution in [0.25, 0.3) is 22.6 Å². The van der Waals surface area contributed by atoms with E-state index in [0.29, 0.717) is 17.9 Å². The van der Waals surface area contributed by atoms with Crippen LogP contribution in [-0.4, -0.2) is 62.7 Å². The number of primary amides is 1. The SMILES string of the molecule is NC(=O)C1CCCN1CC(O)COc1ccc(-c2nc3ncc(Br)cc3[nH]2)cc1. The van der Waals surface area contributed by atoms with Crippen molar-refractivity contribution in [1.82, 2.24) is 19.9 Å². The fourth-order valence-corrected chi connectivity index (χ4v) is 3.93. The molecule has 1 aliphatic rings. The van der Waals surface area contributed by atoms with E-state index in [1.54, 1.807) is 6.20 Å². The van der Waals surface area contributed by atoms with Gasteiger partial charge in [-0.3, -0.25) is 9.69 Å². The highest BCUT2D eigenvalue weighted by atomic mass is 79.9. The number of likely N-dealkylation sites (tertiary alicyclic amines) is 1. The third kappa shape index (κ3) is 4.58. The number of benzene rings is 1. The second kappa shape index (κ2) is 8.48. The Morgan fingerprint density at radius 3 is 2.97 bits per heavy atom. The average molecular weight is 460 g/mol. The highest BCUT2D eigenvalue weighted by Crippen LogP contribution is 2.24. The Balaban J connectivity index is 1.35. The zero-order valence-electron chi connectivity index (χ0n) is 15.7. The Kier molecular flexibility index (Phi) is 5.79. The van der Waals surface area contributed by atoms with E-state index >= 15 is 0 Å². The first kappa shape index (κ1) is 19.8. The van der Waals surface area contributed by atoms with Gasteiger partial charge in [-0.2, -0.15) is 0 Å². The summed E-state index contributed by atoms with van der Waals surface area (Å²) >= 11 is 3.40. The summed E-state index contributed by atoms with van der Waals surface area (Å²) in [6.07, 6.45) is 2.67. The summed E-state index contributed by atoms with van der Waals surface area (Å²) in [5, 5.41) is 10.3. The minimum absolute atomic E-state index is 0.143. The predicted molar refractivity (Wildman–Crippen MR) is 112 cm³/mol. The van der Waals surface area contributed by atoms with Gasteiger partial charge in [-0.1, -0.05) is 0 Å². The fourth-order valence-electron chi connectivity index (χ4n) is 3.60. The number of pyridine rings is 1. The van der Waals surface area contributed by atoms with Crippen molar-refractivity contribution in [3.05, 3.63) is 41.0 Å². The quantitative estimate of drug-likeness (QED) is 0.497. The molecule has 9 heteroatoms. The molecule has 1 aliphatic heterocycles. The average Bonchev–Trinajstić information content (AvgIpc) is 3.33. The molecule has 4 rings (SSSR count). The summed E-state index contributed by atoms with van der Waals surface area (Å²) in [7, 11) is 0. The zero-order chi connectivity index (χ0) is 20.4. The molecule has 0 spiro atoms. The topological polar surface area (TPSA) is 117 Å². The highest BCUT2D eigenvalue weighted by Gasteiger charge is 2.30. The lowest BCUT2D eigenvalue weighted by molar-refractivity contribution is -0.122. The van der Waals surface area contributed by atoms with Gasteiger partial charge in [-0.05, 0) is 65.6 Å². The third-order valence-corrected chi connectivity index (χ3v) is 5.45. The van der Waals surface area contributed by atoms with Gasteiger partial charge < -0.3 is 20.6 Å². The monoisotopic (exact) mass is 459 g/mol. The maximum absolute atomic E-state index is 11.4. The van der Waals surface area contributed by atoms with Crippen LogP contribution >= 0.6 is 15.9 Å². The third-order valence-electron chi connectivity index (χ3n) is 5.01. The molecule has 2 aromatic heterocycles. The minimum Gasteiger partial charge on any atom is -0.491 e. The van der Waals surface area contributed by atoms with Crippen LogP contribution in [-0.2, 0) is 4.79 Å². The number of H-pyrrole nitrogens is 1. The van der Waals surface area contributed by atoms with Crippen molar-refractivity contribution in [2.45, 2.75) is 25.0 Å². The second-order valence-electron chi connectivity index (χ2n) is 7.15. The van der Waals surface area contributed by atoms with Crippen molar-refractivity contribution < 1.29 is 14.6 Å². The molecule has 0 aliphatic carbocycles. The molecule has 4 N–H and O–H groups in total. The fraction of sp³-hybridized carbons (Fsp3) is 0.350. The number of carbonyl (C=O) groups is 1. The van der Waals surface area contributed by atoms with Gasteiger partial charge >= 0.3 is 0 Å². The van der Waals surface area contributed by atoms with Crippen molar-refractivity contribution in [3.63, 3.8) is 0 Å². The first-order valence-electron chi connectivity index (χ1n) is 9.45. The van der Waals surface area contributed by atoms with Crippen molar-refractivity contribution in [2.24, 2.45) is 5.73 Å². The lowest BCUT2D eigenvalue weighted by Crippen LogP contribution is -2.44. The molecule has 1 amide bonds. The molecule has 0 radical (unpaired) electrons. The number of rotatable bonds is 7. The molecule has 29 heavy (non-hydrogen) atoms. The molecular weight excluding hydrogens is 438 g/mol. The number of aromatic amines is 1. The van der Waals surface area contributed by atoms with Crippen molar-refractivity contribution in [3.8, 4) is 17.1 Å². The number of carbonyl (C=O) groups excluding carboxylic acids is 1. The van der Waals surface area contributed by atoms with Crippen LogP contribution in [0.2, 0.25) is 0 Å². The highest BCUT2D eigenvalue weighted by molar-refractivity contribution is 9.10. The second-order valence-corrected chi connectivity index (χ2v) is 8.07. The maximum Gasteiger partial charge on any atom is 0.234 e. The number of nitrogens with two attached hydrogens (primary N) is 1. The van der Waals surface area contributed by atoms with Gasteiger partial charge in [-0.15, -0.1) is 0 Å². The molecule has 3 heterocycles. The van der Waals surface area contributed by atoms with Gasteiger partial charge in [0.25, 0.3) is 0 Å². The van der Waals surface area contributed by atoms with Crippen LogP contribution in [0.15, 0.2) is 41.0 Å². The number of halogens is 1.